The summed E-state index contributed by atoms with van der Waals surface area (Å²) < 4.78 is 11.7. The van der Waals surface area contributed by atoms with E-state index in [1.54, 1.807) is 23.5 Å². The quantitative estimate of drug-likeness (QED) is 0.193. The molecule has 2 saturated heterocycles. The number of anilines is 3. The molecule has 13 heteroatoms. The number of amides is 2. The maximum atomic E-state index is 13.1. The van der Waals surface area contributed by atoms with Crippen LogP contribution in [0, 0.1) is 6.92 Å². The lowest BCUT2D eigenvalue weighted by atomic mass is 10.1. The van der Waals surface area contributed by atoms with E-state index >= 15 is 0 Å². The van der Waals surface area contributed by atoms with Gasteiger partial charge in [0.15, 0.2) is 0 Å². The lowest BCUT2D eigenvalue weighted by Gasteiger charge is -2.41. The topological polar surface area (TPSA) is 122 Å². The van der Waals surface area contributed by atoms with E-state index in [1.807, 2.05) is 67.6 Å². The molecule has 0 radical (unpaired) electrons. The summed E-state index contributed by atoms with van der Waals surface area (Å²) in [6.45, 7) is 9.04. The zero-order valence-electron chi connectivity index (χ0n) is 27.3. The minimum Gasteiger partial charge on any atom is -1.00 e. The Morgan fingerprint density at radius 2 is 1.75 bits per heavy atom. The summed E-state index contributed by atoms with van der Waals surface area (Å²) in [4.78, 5) is 42.8. The number of hydrogen-bond acceptors (Lipinski definition) is 9. The number of hydrogen-bond donors (Lipinski definition) is 2. The molecular weight excluding hydrogens is 723 g/mol. The second-order valence-electron chi connectivity index (χ2n) is 12.3. The number of aryl methyl sites for hydroxylation is 1. The number of nitrogens with one attached hydrogen (secondary N) is 2. The Balaban J connectivity index is 0.00000451. The number of quaternary nitrogens is 1. The predicted molar refractivity (Wildman–Crippen MR) is 179 cm³/mol. The van der Waals surface area contributed by atoms with Crippen LogP contribution in [0.1, 0.15) is 21.5 Å². The van der Waals surface area contributed by atoms with E-state index in [2.05, 4.69) is 37.5 Å². The molecule has 0 atom stereocenters. The molecule has 0 saturated carbocycles. The molecule has 0 bridgehead atoms. The van der Waals surface area contributed by atoms with Crippen molar-refractivity contribution in [1.82, 2.24) is 24.8 Å². The van der Waals surface area contributed by atoms with Gasteiger partial charge in [-0.05, 0) is 60.5 Å². The Labute approximate surface area is 298 Å². The van der Waals surface area contributed by atoms with Crippen molar-refractivity contribution in [3.63, 3.8) is 0 Å². The number of benzene rings is 2. The van der Waals surface area contributed by atoms with E-state index in [9.17, 15) is 9.59 Å². The summed E-state index contributed by atoms with van der Waals surface area (Å²) >= 11 is 0. The zero-order valence-corrected chi connectivity index (χ0v) is 29.4. The van der Waals surface area contributed by atoms with Gasteiger partial charge in [-0.2, -0.15) is 0 Å². The molecule has 6 rings (SSSR count). The average Bonchev–Trinajstić information content (AvgIpc) is 3.11. The van der Waals surface area contributed by atoms with Gasteiger partial charge in [-0.3, -0.25) is 19.2 Å². The maximum Gasteiger partial charge on any atom is 0.414 e. The molecule has 2 fully saturated rings. The summed E-state index contributed by atoms with van der Waals surface area (Å²) in [6.07, 6.45) is 4.94. The summed E-state index contributed by atoms with van der Waals surface area (Å²) in [7, 11) is 2.14. The Kier molecular flexibility index (Phi) is 11.9. The molecule has 252 valence electrons. The number of pyridine rings is 1. The van der Waals surface area contributed by atoms with E-state index in [0.29, 0.717) is 54.7 Å². The number of carbonyl (C=O) groups excluding carboxylic acids is 2. The van der Waals surface area contributed by atoms with Crippen LogP contribution < -0.4 is 34.6 Å². The summed E-state index contributed by atoms with van der Waals surface area (Å²) in [5.41, 5.74) is 5.86. The molecule has 2 aromatic heterocycles. The van der Waals surface area contributed by atoms with Crippen molar-refractivity contribution in [2.45, 2.75) is 13.5 Å². The van der Waals surface area contributed by atoms with E-state index in [-0.39, 0.29) is 36.0 Å². The van der Waals surface area contributed by atoms with Crippen molar-refractivity contribution in [1.29, 1.82) is 0 Å². The van der Waals surface area contributed by atoms with Gasteiger partial charge in [0.1, 0.15) is 0 Å². The normalized spacial score (nSPS) is 16.0. The van der Waals surface area contributed by atoms with Crippen molar-refractivity contribution in [2.24, 2.45) is 0 Å². The molecule has 2 aliphatic heterocycles. The number of rotatable bonds is 9. The van der Waals surface area contributed by atoms with Crippen molar-refractivity contribution in [2.75, 3.05) is 76.9 Å². The van der Waals surface area contributed by atoms with Gasteiger partial charge in [0.25, 0.3) is 5.91 Å². The summed E-state index contributed by atoms with van der Waals surface area (Å²) in [6, 6.07) is 19.1. The number of morpholine rings is 1. The van der Waals surface area contributed by atoms with E-state index < -0.39 is 0 Å². The Morgan fingerprint density at radius 3 is 2.48 bits per heavy atom. The number of aromatic nitrogens is 3. The van der Waals surface area contributed by atoms with Crippen molar-refractivity contribution in [3.8, 4) is 11.3 Å². The maximum absolute atomic E-state index is 13.1. The second-order valence-corrected chi connectivity index (χ2v) is 12.3. The lowest BCUT2D eigenvalue weighted by molar-refractivity contribution is -0.929. The van der Waals surface area contributed by atoms with Crippen LogP contribution in [0.5, 0.6) is 0 Å². The molecule has 4 aromatic rings. The molecule has 2 amide bonds. The van der Waals surface area contributed by atoms with Gasteiger partial charge < -0.3 is 49.0 Å². The molecule has 2 aliphatic rings. The third-order valence-corrected chi connectivity index (χ3v) is 8.66. The first kappa shape index (κ1) is 35.1. The zero-order chi connectivity index (χ0) is 32.6. The largest absolute Gasteiger partial charge is 1.00 e. The van der Waals surface area contributed by atoms with Crippen molar-refractivity contribution < 1.29 is 47.5 Å². The van der Waals surface area contributed by atoms with Crippen LogP contribution in [-0.2, 0) is 16.0 Å². The van der Waals surface area contributed by atoms with Gasteiger partial charge >= 0.3 is 6.09 Å². The molecule has 48 heavy (non-hydrogen) atoms. The number of likely N-dealkylation sites (N-methyl/N-ethyl adjacent to an activating group) is 1. The Bertz CT molecular complexity index is 1680. The molecule has 12 nitrogen and oxygen atoms in total. The van der Waals surface area contributed by atoms with Crippen LogP contribution in [0.2, 0.25) is 0 Å². The fourth-order valence-corrected chi connectivity index (χ4v) is 5.60. The van der Waals surface area contributed by atoms with Crippen LogP contribution in [-0.4, -0.2) is 107 Å². The molecule has 4 heterocycles. The van der Waals surface area contributed by atoms with E-state index in [4.69, 9.17) is 9.47 Å². The van der Waals surface area contributed by atoms with Crippen LogP contribution in [0.3, 0.4) is 0 Å². The summed E-state index contributed by atoms with van der Waals surface area (Å²) in [5, 5.41) is 6.30. The number of ether oxygens (including phenoxy) is 2. The van der Waals surface area contributed by atoms with Crippen LogP contribution in [0.15, 0.2) is 79.3 Å². The SMILES string of the molecule is Cc1ccc(NC(=O)c2ccc(CN3CC[N+](C)(COC(=O)N4CCOCC4)CC3)cc2)cc1Nc1nccc(-c2cccnc2)n1.[I-]. The minimum atomic E-state index is -0.253. The highest BCUT2D eigenvalue weighted by atomic mass is 127. The first-order valence-corrected chi connectivity index (χ1v) is 15.9. The van der Waals surface area contributed by atoms with E-state index in [0.717, 1.165) is 60.8 Å². The monoisotopic (exact) mass is 764 g/mol. The highest BCUT2D eigenvalue weighted by Gasteiger charge is 2.31. The molecule has 0 spiro atoms. The predicted octanol–water partition coefficient (Wildman–Crippen LogP) is 1.54. The number of carbonyl (C=O) groups is 2. The van der Waals surface area contributed by atoms with Crippen LogP contribution >= 0.6 is 0 Å². The van der Waals surface area contributed by atoms with Crippen molar-refractivity contribution in [3.05, 3.63) is 95.9 Å². The lowest BCUT2D eigenvalue weighted by Crippen LogP contribution is -3.00. The Morgan fingerprint density at radius 1 is 0.979 bits per heavy atom. The van der Waals surface area contributed by atoms with Gasteiger partial charge in [-0.15, -0.1) is 0 Å². The fraction of sp³-hybridized carbons (Fsp3) is 0.343. The first-order chi connectivity index (χ1) is 22.8. The Hall–Kier alpha value is -4.18. The van der Waals surface area contributed by atoms with E-state index in [1.165, 1.54) is 0 Å². The van der Waals surface area contributed by atoms with Gasteiger partial charge in [-0.1, -0.05) is 18.2 Å². The third-order valence-electron chi connectivity index (χ3n) is 8.66. The number of halogens is 1. The van der Waals surface area contributed by atoms with Gasteiger partial charge in [0.05, 0.1) is 39.0 Å². The molecule has 2 N–H and O–H groups in total. The molecule has 0 unspecified atom stereocenters. The second kappa shape index (κ2) is 16.3. The van der Waals surface area contributed by atoms with Gasteiger partial charge in [0.2, 0.25) is 12.7 Å². The number of nitrogens with zero attached hydrogens (tertiary/aromatic N) is 6. The van der Waals surface area contributed by atoms with Gasteiger partial charge in [0, 0.05) is 73.8 Å². The molecular formula is C35H41IN8O4. The average molecular weight is 765 g/mol. The third kappa shape index (κ3) is 9.24. The molecule has 2 aromatic carbocycles. The van der Waals surface area contributed by atoms with Crippen LogP contribution in [0.25, 0.3) is 11.3 Å². The number of piperazine rings is 1. The smallest absolute Gasteiger partial charge is 0.414 e. The fourth-order valence-electron chi connectivity index (χ4n) is 5.60. The summed E-state index contributed by atoms with van der Waals surface area (Å²) in [5.74, 6) is 0.275. The first-order valence-electron chi connectivity index (χ1n) is 15.9. The van der Waals surface area contributed by atoms with Crippen molar-refractivity contribution >= 4 is 29.3 Å². The standard InChI is InChI=1S/C35H40N8O4.HI/c1-26-5-10-30(22-32(26)40-34-37-13-11-31(39-34)29-4-3-12-36-23-29)38-33(44)28-8-6-27(7-9-28)24-41-14-18-43(2,19-15-41)25-47-35(45)42-16-20-46-21-17-42;/h3-13,22-23H,14-21,24-25H2,1-2H3,(H-,37,38,39,40,44);1H. The highest BCUT2D eigenvalue weighted by Crippen LogP contribution is 2.25. The highest BCUT2D eigenvalue weighted by molar-refractivity contribution is 6.04. The molecule has 0 aliphatic carbocycles. The van der Waals surface area contributed by atoms with Crippen LogP contribution in [0.4, 0.5) is 22.1 Å². The van der Waals surface area contributed by atoms with Gasteiger partial charge in [-0.25, -0.2) is 14.8 Å². The minimum absolute atomic E-state index is 0.